The van der Waals surface area contributed by atoms with Crippen LogP contribution in [0.3, 0.4) is 0 Å². The highest BCUT2D eigenvalue weighted by atomic mass is 28.1. The van der Waals surface area contributed by atoms with E-state index in [0.29, 0.717) is 0 Å². The van der Waals surface area contributed by atoms with Gasteiger partial charge < -0.3 is 5.11 Å². The maximum absolute atomic E-state index is 7.00. The molecule has 0 aliphatic rings. The van der Waals surface area contributed by atoms with Crippen LogP contribution in [0.5, 0.6) is 0 Å². The van der Waals surface area contributed by atoms with E-state index < -0.39 is 0 Å². The molecule has 0 saturated heterocycles. The third-order valence-electron chi connectivity index (χ3n) is 0. The molecular formula is CH9FOSi. The highest BCUT2D eigenvalue weighted by Gasteiger charge is 0.839. The van der Waals surface area contributed by atoms with E-state index in [1.165, 1.54) is 0 Å². The van der Waals surface area contributed by atoms with Crippen molar-refractivity contribution >= 4 is 11.0 Å². The molecule has 0 unspecified atom stereocenters. The predicted octanol–water partition coefficient (Wildman–Crippen LogP) is -1.69. The van der Waals surface area contributed by atoms with Crippen molar-refractivity contribution in [3.63, 3.8) is 0 Å². The molecule has 0 fully saturated rings. The summed E-state index contributed by atoms with van der Waals surface area (Å²) in [5.41, 5.74) is 0. The Morgan fingerprint density at radius 1 is 1.25 bits per heavy atom. The molecule has 0 amide bonds. The number of hydrogen-bond donors (Lipinski definition) is 1. The quantitative estimate of drug-likeness (QED) is 0.347. The summed E-state index contributed by atoms with van der Waals surface area (Å²) in [4.78, 5) is 0. The van der Waals surface area contributed by atoms with Gasteiger partial charge >= 0.3 is 0 Å². The zero-order valence-corrected chi connectivity index (χ0v) is 1.86. The number of aliphatic hydroxyl groups is 1. The standard InChI is InChI=1S/CH4O.FH.H4Si/c1-2;;/h2H,1H3;1H;1H4. The molecule has 0 spiro atoms. The molecule has 0 aromatic heterocycles. The van der Waals surface area contributed by atoms with Crippen LogP contribution in [0.1, 0.15) is 0 Å². The van der Waals surface area contributed by atoms with Gasteiger partial charge in [-0.15, -0.1) is 0 Å². The van der Waals surface area contributed by atoms with Crippen LogP contribution in [0.25, 0.3) is 0 Å². The van der Waals surface area contributed by atoms with Crippen molar-refractivity contribution in [1.82, 2.24) is 0 Å². The van der Waals surface area contributed by atoms with E-state index >= 15 is 0 Å². The first-order valence-electron chi connectivity index (χ1n) is 0.447. The molecule has 1 N–H and O–H groups in total. The zero-order valence-electron chi connectivity index (χ0n) is 1.86. The zero-order chi connectivity index (χ0) is 2.00. The maximum atomic E-state index is 7.00. The van der Waals surface area contributed by atoms with Crippen molar-refractivity contribution in [1.29, 1.82) is 0 Å². The first-order chi connectivity index (χ1) is 1.00. The van der Waals surface area contributed by atoms with Crippen molar-refractivity contribution in [3.8, 4) is 0 Å². The van der Waals surface area contributed by atoms with Crippen molar-refractivity contribution in [2.75, 3.05) is 7.11 Å². The van der Waals surface area contributed by atoms with Gasteiger partial charge in [-0.3, -0.25) is 4.70 Å². The van der Waals surface area contributed by atoms with Crippen LogP contribution in [0.4, 0.5) is 4.70 Å². The lowest BCUT2D eigenvalue weighted by Gasteiger charge is -1.21. The molecule has 0 heterocycles. The average molecular weight is 84.2 g/mol. The van der Waals surface area contributed by atoms with Gasteiger partial charge in [0, 0.05) is 7.11 Å². The van der Waals surface area contributed by atoms with E-state index in [-0.39, 0.29) is 15.7 Å². The summed E-state index contributed by atoms with van der Waals surface area (Å²) >= 11 is 0. The second kappa shape index (κ2) is 1210. The number of aliphatic hydroxyl groups excluding tert-OH is 1. The minimum absolute atomic E-state index is 0. The highest BCUT2D eigenvalue weighted by Crippen LogP contribution is 0.755. The van der Waals surface area contributed by atoms with Gasteiger partial charge in [0.05, 0.1) is 0 Å². The average Bonchev–Trinajstić information content (AvgIpc) is 1.00. The monoisotopic (exact) mass is 84.0 g/mol. The molecule has 0 aliphatic carbocycles. The molecule has 0 aliphatic heterocycles. The van der Waals surface area contributed by atoms with Crippen molar-refractivity contribution in [2.45, 2.75) is 0 Å². The summed E-state index contributed by atoms with van der Waals surface area (Å²) in [5, 5.41) is 7.00. The molecule has 0 aromatic carbocycles. The molecular weight excluding hydrogens is 75.1 g/mol. The topological polar surface area (TPSA) is 20.2 Å². The lowest BCUT2D eigenvalue weighted by molar-refractivity contribution is 0.399. The Labute approximate surface area is 29.0 Å². The van der Waals surface area contributed by atoms with E-state index in [4.69, 9.17) is 5.11 Å². The highest BCUT2D eigenvalue weighted by molar-refractivity contribution is 5.75. The second-order valence-electron chi connectivity index (χ2n) is 0. The number of hydrogen-bond acceptors (Lipinski definition) is 1. The van der Waals surface area contributed by atoms with E-state index in [9.17, 15) is 0 Å². The van der Waals surface area contributed by atoms with Crippen LogP contribution in [-0.4, -0.2) is 23.2 Å². The second-order valence-corrected chi connectivity index (χ2v) is 0. The van der Waals surface area contributed by atoms with E-state index in [0.717, 1.165) is 7.11 Å². The fourth-order valence-corrected chi connectivity index (χ4v) is 0. The minimum atomic E-state index is 0. The van der Waals surface area contributed by atoms with Crippen molar-refractivity contribution in [3.05, 3.63) is 0 Å². The molecule has 4 heavy (non-hydrogen) atoms. The maximum Gasteiger partial charge on any atom is 0.0319 e. The predicted molar refractivity (Wildman–Crippen MR) is 22.0 cm³/mol. The Morgan fingerprint density at radius 2 is 1.25 bits per heavy atom. The first-order valence-corrected chi connectivity index (χ1v) is 0.447. The van der Waals surface area contributed by atoms with Gasteiger partial charge in [0.15, 0.2) is 0 Å². The first kappa shape index (κ1) is 32.4. The third-order valence-corrected chi connectivity index (χ3v) is 0. The summed E-state index contributed by atoms with van der Waals surface area (Å²) < 4.78 is 0. The van der Waals surface area contributed by atoms with E-state index in [1.807, 2.05) is 0 Å². The summed E-state index contributed by atoms with van der Waals surface area (Å²) in [5.74, 6) is 0. The Balaban J connectivity index is -0.00000000500. The van der Waals surface area contributed by atoms with Crippen LogP contribution >= 0.6 is 0 Å². The van der Waals surface area contributed by atoms with Crippen LogP contribution < -0.4 is 0 Å². The van der Waals surface area contributed by atoms with Gasteiger partial charge in [0.1, 0.15) is 0 Å². The van der Waals surface area contributed by atoms with Crippen molar-refractivity contribution in [2.24, 2.45) is 0 Å². The van der Waals surface area contributed by atoms with Gasteiger partial charge in [-0.2, -0.15) is 0 Å². The van der Waals surface area contributed by atoms with Crippen LogP contribution in [0.2, 0.25) is 0 Å². The van der Waals surface area contributed by atoms with Crippen molar-refractivity contribution < 1.29 is 9.81 Å². The SMILES string of the molecule is CO.F.[SiH4]. The lowest BCUT2D eigenvalue weighted by atomic mass is 11.8. The molecule has 0 atom stereocenters. The van der Waals surface area contributed by atoms with Crippen LogP contribution in [0, 0.1) is 0 Å². The largest absolute Gasteiger partial charge is 0.400 e. The Kier molecular flexibility index (Phi) is 9770. The fraction of sp³-hybridized carbons (Fsp3) is 1.00. The molecule has 0 aromatic rings. The van der Waals surface area contributed by atoms with Gasteiger partial charge in [0.25, 0.3) is 0 Å². The number of halogens is 1. The van der Waals surface area contributed by atoms with Gasteiger partial charge in [-0.05, 0) is 11.0 Å². The van der Waals surface area contributed by atoms with E-state index in [2.05, 4.69) is 0 Å². The van der Waals surface area contributed by atoms with Gasteiger partial charge in [-0.1, -0.05) is 0 Å². The molecule has 0 radical (unpaired) electrons. The molecule has 0 rings (SSSR count). The normalized spacial score (nSPS) is 1.50. The fourth-order valence-electron chi connectivity index (χ4n) is 0. The number of rotatable bonds is 0. The third kappa shape index (κ3) is 226. The molecule has 1 nitrogen and oxygen atoms in total. The summed E-state index contributed by atoms with van der Waals surface area (Å²) in [6, 6.07) is 0. The van der Waals surface area contributed by atoms with Crippen LogP contribution in [0.15, 0.2) is 0 Å². The molecule has 0 bridgehead atoms. The summed E-state index contributed by atoms with van der Waals surface area (Å²) in [7, 11) is 1.00. The Morgan fingerprint density at radius 3 is 1.25 bits per heavy atom. The summed E-state index contributed by atoms with van der Waals surface area (Å²) in [6.45, 7) is 0. The smallest absolute Gasteiger partial charge is 0.0319 e. The molecule has 0 saturated carbocycles. The summed E-state index contributed by atoms with van der Waals surface area (Å²) in [6.07, 6.45) is 0. The molecule has 30 valence electrons. The molecule has 3 heteroatoms. The van der Waals surface area contributed by atoms with Gasteiger partial charge in [-0.25, -0.2) is 0 Å². The van der Waals surface area contributed by atoms with Crippen LogP contribution in [-0.2, 0) is 0 Å². The van der Waals surface area contributed by atoms with E-state index in [1.54, 1.807) is 0 Å². The van der Waals surface area contributed by atoms with Gasteiger partial charge in [0.2, 0.25) is 0 Å². The Hall–Kier alpha value is 0.107. The minimum Gasteiger partial charge on any atom is -0.400 e. The Bertz CT molecular complexity index is 8.00. The lowest BCUT2D eigenvalue weighted by Crippen LogP contribution is -1.25.